The second-order valence-electron chi connectivity index (χ2n) is 7.79. The standard InChI is InChI=1S/C22H29F3N4O/c1-28(2)21(18-7-4-3-5-8-18)11-6-14-29(17-30-16-26-13-12-21)19-9-10-20(27-15-19)22(23,24)25/h3-5,7-10,15,26H,6,11-14,16-17H2,1-2H3/t21-/m0/s1. The molecule has 2 heterocycles. The number of nitrogens with zero attached hydrogens (tertiary/aromatic N) is 3. The molecule has 0 spiro atoms. The van der Waals surface area contributed by atoms with Gasteiger partial charge in [-0.3, -0.25) is 10.2 Å². The van der Waals surface area contributed by atoms with E-state index in [2.05, 4.69) is 53.6 Å². The second kappa shape index (κ2) is 9.76. The number of anilines is 1. The maximum atomic E-state index is 12.8. The molecule has 5 nitrogen and oxygen atoms in total. The van der Waals surface area contributed by atoms with Crippen LogP contribution < -0.4 is 10.2 Å². The molecule has 1 aliphatic heterocycles. The van der Waals surface area contributed by atoms with Crippen LogP contribution in [0.3, 0.4) is 0 Å². The zero-order chi connectivity index (χ0) is 21.6. The van der Waals surface area contributed by atoms with Gasteiger partial charge in [0.05, 0.1) is 18.6 Å². The van der Waals surface area contributed by atoms with E-state index in [0.717, 1.165) is 31.9 Å². The average molecular weight is 422 g/mol. The Labute approximate surface area is 175 Å². The van der Waals surface area contributed by atoms with Gasteiger partial charge in [-0.15, -0.1) is 0 Å². The summed E-state index contributed by atoms with van der Waals surface area (Å²) in [6.07, 6.45) is -0.470. The summed E-state index contributed by atoms with van der Waals surface area (Å²) in [6.45, 7) is 2.13. The zero-order valence-electron chi connectivity index (χ0n) is 17.5. The van der Waals surface area contributed by atoms with E-state index in [-0.39, 0.29) is 5.54 Å². The molecular weight excluding hydrogens is 393 g/mol. The number of halogens is 3. The summed E-state index contributed by atoms with van der Waals surface area (Å²) in [6, 6.07) is 12.9. The molecule has 1 aromatic heterocycles. The van der Waals surface area contributed by atoms with Crippen molar-refractivity contribution in [3.05, 3.63) is 59.9 Å². The third kappa shape index (κ3) is 5.30. The van der Waals surface area contributed by atoms with Crippen molar-refractivity contribution in [2.75, 3.05) is 45.5 Å². The Morgan fingerprint density at radius 1 is 1.10 bits per heavy atom. The molecule has 1 aromatic carbocycles. The minimum Gasteiger partial charge on any atom is -0.347 e. The van der Waals surface area contributed by atoms with Crippen LogP contribution in [0, 0.1) is 0 Å². The quantitative estimate of drug-likeness (QED) is 0.808. The van der Waals surface area contributed by atoms with Gasteiger partial charge in [0.25, 0.3) is 0 Å². The summed E-state index contributed by atoms with van der Waals surface area (Å²) in [5.74, 6) is 0. The van der Waals surface area contributed by atoms with E-state index in [0.29, 0.717) is 25.7 Å². The molecular formula is C22H29F3N4O. The van der Waals surface area contributed by atoms with Crippen LogP contribution >= 0.6 is 0 Å². The van der Waals surface area contributed by atoms with Gasteiger partial charge in [-0.1, -0.05) is 30.3 Å². The molecule has 0 saturated carbocycles. The number of alkyl halides is 3. The SMILES string of the molecule is CN(C)[C@@]1(c2ccccc2)CCCN(c2ccc(C(F)(F)F)nc2)COCNCC1. The van der Waals surface area contributed by atoms with Crippen LogP contribution in [0.25, 0.3) is 0 Å². The molecule has 1 atom stereocenters. The predicted molar refractivity (Wildman–Crippen MR) is 111 cm³/mol. The van der Waals surface area contributed by atoms with E-state index in [4.69, 9.17) is 4.74 Å². The van der Waals surface area contributed by atoms with Gasteiger partial charge >= 0.3 is 6.18 Å². The van der Waals surface area contributed by atoms with Crippen LogP contribution in [0.4, 0.5) is 18.9 Å². The van der Waals surface area contributed by atoms with Gasteiger partial charge in [0.1, 0.15) is 12.4 Å². The van der Waals surface area contributed by atoms with Crippen molar-refractivity contribution in [1.29, 1.82) is 0 Å². The molecule has 0 amide bonds. The average Bonchev–Trinajstić information content (AvgIpc) is 2.78. The number of hydrogen-bond donors (Lipinski definition) is 1. The number of ether oxygens (including phenoxy) is 1. The van der Waals surface area contributed by atoms with E-state index >= 15 is 0 Å². The molecule has 1 aliphatic rings. The molecule has 164 valence electrons. The maximum absolute atomic E-state index is 12.8. The lowest BCUT2D eigenvalue weighted by Gasteiger charge is -2.41. The fourth-order valence-corrected chi connectivity index (χ4v) is 4.03. The van der Waals surface area contributed by atoms with Gasteiger partial charge in [0, 0.05) is 12.1 Å². The van der Waals surface area contributed by atoms with Crippen LogP contribution in [-0.4, -0.2) is 50.5 Å². The number of hydrogen-bond acceptors (Lipinski definition) is 5. The number of aromatic nitrogens is 1. The fraction of sp³-hybridized carbons (Fsp3) is 0.500. The minimum atomic E-state index is -4.44. The summed E-state index contributed by atoms with van der Waals surface area (Å²) in [5.41, 5.74) is 0.863. The first-order chi connectivity index (χ1) is 14.3. The van der Waals surface area contributed by atoms with Crippen molar-refractivity contribution in [2.45, 2.75) is 31.0 Å². The van der Waals surface area contributed by atoms with E-state index in [1.807, 2.05) is 11.0 Å². The van der Waals surface area contributed by atoms with Crippen molar-refractivity contribution < 1.29 is 17.9 Å². The van der Waals surface area contributed by atoms with Gasteiger partial charge in [-0.05, 0) is 57.6 Å². The van der Waals surface area contributed by atoms with Crippen LogP contribution in [0.15, 0.2) is 48.7 Å². The molecule has 0 radical (unpaired) electrons. The van der Waals surface area contributed by atoms with Gasteiger partial charge in [0.15, 0.2) is 0 Å². The number of rotatable bonds is 3. The van der Waals surface area contributed by atoms with Crippen molar-refractivity contribution >= 4 is 5.69 Å². The molecule has 0 aliphatic carbocycles. The molecule has 2 aromatic rings. The topological polar surface area (TPSA) is 40.6 Å². The number of pyridine rings is 1. The van der Waals surface area contributed by atoms with Gasteiger partial charge in [-0.25, -0.2) is 4.98 Å². The molecule has 0 bridgehead atoms. The van der Waals surface area contributed by atoms with Gasteiger partial charge in [-0.2, -0.15) is 13.2 Å². The largest absolute Gasteiger partial charge is 0.433 e. The Hall–Kier alpha value is -2.16. The predicted octanol–water partition coefficient (Wildman–Crippen LogP) is 4.07. The van der Waals surface area contributed by atoms with Crippen molar-refractivity contribution in [3.63, 3.8) is 0 Å². The lowest BCUT2D eigenvalue weighted by Crippen LogP contribution is -2.44. The van der Waals surface area contributed by atoms with E-state index in [1.165, 1.54) is 17.8 Å². The molecule has 30 heavy (non-hydrogen) atoms. The second-order valence-corrected chi connectivity index (χ2v) is 7.79. The summed E-state index contributed by atoms with van der Waals surface area (Å²) in [4.78, 5) is 7.80. The molecule has 3 rings (SSSR count). The summed E-state index contributed by atoms with van der Waals surface area (Å²) >= 11 is 0. The number of nitrogens with one attached hydrogen (secondary N) is 1. The Kier molecular flexibility index (Phi) is 7.33. The first-order valence-corrected chi connectivity index (χ1v) is 10.1. The highest BCUT2D eigenvalue weighted by atomic mass is 19.4. The zero-order valence-corrected chi connectivity index (χ0v) is 17.5. The molecule has 1 N–H and O–H groups in total. The molecule has 1 saturated heterocycles. The minimum absolute atomic E-state index is 0.136. The van der Waals surface area contributed by atoms with Crippen LogP contribution in [0.1, 0.15) is 30.5 Å². The maximum Gasteiger partial charge on any atom is 0.433 e. The Morgan fingerprint density at radius 2 is 1.87 bits per heavy atom. The van der Waals surface area contributed by atoms with E-state index in [9.17, 15) is 13.2 Å². The normalized spacial score (nSPS) is 22.0. The van der Waals surface area contributed by atoms with Crippen LogP contribution in [0.2, 0.25) is 0 Å². The molecule has 1 fully saturated rings. The highest BCUT2D eigenvalue weighted by molar-refractivity contribution is 5.44. The Balaban J connectivity index is 1.80. The Bertz CT molecular complexity index is 783. The monoisotopic (exact) mass is 422 g/mol. The first-order valence-electron chi connectivity index (χ1n) is 10.1. The van der Waals surface area contributed by atoms with E-state index in [1.54, 1.807) is 0 Å². The third-order valence-corrected chi connectivity index (χ3v) is 5.76. The van der Waals surface area contributed by atoms with Gasteiger partial charge in [0.2, 0.25) is 0 Å². The van der Waals surface area contributed by atoms with Crippen LogP contribution in [-0.2, 0) is 16.5 Å². The molecule has 8 heteroatoms. The van der Waals surface area contributed by atoms with E-state index < -0.39 is 11.9 Å². The smallest absolute Gasteiger partial charge is 0.347 e. The number of benzene rings is 1. The van der Waals surface area contributed by atoms with Crippen molar-refractivity contribution in [2.24, 2.45) is 0 Å². The Morgan fingerprint density at radius 3 is 2.50 bits per heavy atom. The summed E-state index contributed by atoms with van der Waals surface area (Å²) in [5, 5.41) is 3.32. The molecule has 0 unspecified atom stereocenters. The van der Waals surface area contributed by atoms with Crippen LogP contribution in [0.5, 0.6) is 0 Å². The third-order valence-electron chi connectivity index (χ3n) is 5.76. The van der Waals surface area contributed by atoms with Crippen molar-refractivity contribution in [1.82, 2.24) is 15.2 Å². The highest BCUT2D eigenvalue weighted by Crippen LogP contribution is 2.35. The van der Waals surface area contributed by atoms with Crippen molar-refractivity contribution in [3.8, 4) is 0 Å². The lowest BCUT2D eigenvalue weighted by molar-refractivity contribution is -0.141. The summed E-state index contributed by atoms with van der Waals surface area (Å²) in [7, 11) is 4.20. The summed E-state index contributed by atoms with van der Waals surface area (Å²) < 4.78 is 44.2. The fourth-order valence-electron chi connectivity index (χ4n) is 4.03. The first kappa shape index (κ1) is 22.5. The lowest BCUT2D eigenvalue weighted by atomic mass is 9.81. The highest BCUT2D eigenvalue weighted by Gasteiger charge is 2.34. The van der Waals surface area contributed by atoms with Gasteiger partial charge < -0.3 is 9.64 Å².